The molecule has 1 aromatic heterocycles. The van der Waals surface area contributed by atoms with Gasteiger partial charge in [0, 0.05) is 18.3 Å². The molecule has 1 unspecified atom stereocenters. The molecule has 0 bridgehead atoms. The Balaban J connectivity index is 2.09. The summed E-state index contributed by atoms with van der Waals surface area (Å²) in [6, 6.07) is 5.09. The van der Waals surface area contributed by atoms with Crippen LogP contribution in [0.1, 0.15) is 33.3 Å². The monoisotopic (exact) mass is 290 g/mol. The summed E-state index contributed by atoms with van der Waals surface area (Å²) in [6.45, 7) is 3.21. The second-order valence-corrected chi connectivity index (χ2v) is 4.69. The highest BCUT2D eigenvalue weighted by Gasteiger charge is 2.22. The van der Waals surface area contributed by atoms with Gasteiger partial charge in [-0.1, -0.05) is 0 Å². The second-order valence-electron chi connectivity index (χ2n) is 4.69. The molecule has 1 heterocycles. The first-order valence-electron chi connectivity index (χ1n) is 6.39. The van der Waals surface area contributed by atoms with E-state index in [2.05, 4.69) is 5.10 Å². The number of ether oxygens (including phenoxy) is 1. The molecule has 1 aromatic carbocycles. The van der Waals surface area contributed by atoms with Gasteiger partial charge in [-0.15, -0.1) is 0 Å². The molecule has 0 spiro atoms. The summed E-state index contributed by atoms with van der Waals surface area (Å²) < 4.78 is 19.5. The first-order valence-corrected chi connectivity index (χ1v) is 6.39. The van der Waals surface area contributed by atoms with E-state index in [0.29, 0.717) is 16.8 Å². The summed E-state index contributed by atoms with van der Waals surface area (Å²) in [7, 11) is 1.71. The van der Waals surface area contributed by atoms with Crippen molar-refractivity contribution in [3.05, 3.63) is 53.1 Å². The Morgan fingerprint density at radius 1 is 1.29 bits per heavy atom. The van der Waals surface area contributed by atoms with Crippen LogP contribution in [0.5, 0.6) is 0 Å². The zero-order chi connectivity index (χ0) is 15.6. The summed E-state index contributed by atoms with van der Waals surface area (Å²) in [6.07, 6.45) is 0.440. The van der Waals surface area contributed by atoms with Gasteiger partial charge in [0.1, 0.15) is 11.4 Å². The Hall–Kier alpha value is -2.50. The van der Waals surface area contributed by atoms with Crippen molar-refractivity contribution in [2.24, 2.45) is 7.05 Å². The van der Waals surface area contributed by atoms with E-state index in [1.54, 1.807) is 18.7 Å². The van der Waals surface area contributed by atoms with E-state index in [4.69, 9.17) is 4.74 Å². The number of ketones is 1. The molecule has 2 rings (SSSR count). The third kappa shape index (κ3) is 3.16. The SMILES string of the molecule is Cc1c(C(=O)OC(C)C(=O)c2ccc(F)cc2)cnn1C. The number of carbonyl (C=O) groups excluding carboxylic acids is 2. The van der Waals surface area contributed by atoms with Crippen LogP contribution in [0.2, 0.25) is 0 Å². The van der Waals surface area contributed by atoms with Crippen molar-refractivity contribution in [2.45, 2.75) is 20.0 Å². The van der Waals surface area contributed by atoms with E-state index in [1.807, 2.05) is 0 Å². The number of rotatable bonds is 4. The van der Waals surface area contributed by atoms with Crippen molar-refractivity contribution in [3.8, 4) is 0 Å². The van der Waals surface area contributed by atoms with E-state index in [0.717, 1.165) is 0 Å². The van der Waals surface area contributed by atoms with E-state index < -0.39 is 17.9 Å². The van der Waals surface area contributed by atoms with Crippen LogP contribution in [0.3, 0.4) is 0 Å². The summed E-state index contributed by atoms with van der Waals surface area (Å²) in [5, 5.41) is 3.95. The highest BCUT2D eigenvalue weighted by Crippen LogP contribution is 2.12. The Kier molecular flexibility index (Phi) is 4.16. The molecule has 1 atom stereocenters. The van der Waals surface area contributed by atoms with Crippen LogP contribution in [0, 0.1) is 12.7 Å². The van der Waals surface area contributed by atoms with Gasteiger partial charge in [0.25, 0.3) is 0 Å². The van der Waals surface area contributed by atoms with Crippen molar-refractivity contribution in [3.63, 3.8) is 0 Å². The number of hydrogen-bond acceptors (Lipinski definition) is 4. The summed E-state index contributed by atoms with van der Waals surface area (Å²) in [5.74, 6) is -1.42. The van der Waals surface area contributed by atoms with Crippen LogP contribution in [0.15, 0.2) is 30.5 Å². The van der Waals surface area contributed by atoms with Crippen LogP contribution < -0.4 is 0 Å². The molecule has 0 amide bonds. The number of halogens is 1. The van der Waals surface area contributed by atoms with Crippen molar-refractivity contribution < 1.29 is 18.7 Å². The maximum atomic E-state index is 12.8. The minimum Gasteiger partial charge on any atom is -0.451 e. The molecule has 0 N–H and O–H groups in total. The number of benzene rings is 1. The van der Waals surface area contributed by atoms with Crippen molar-refractivity contribution >= 4 is 11.8 Å². The molecule has 0 aliphatic carbocycles. The molecule has 5 nitrogen and oxygen atoms in total. The van der Waals surface area contributed by atoms with E-state index >= 15 is 0 Å². The third-order valence-corrected chi connectivity index (χ3v) is 3.24. The van der Waals surface area contributed by atoms with Gasteiger partial charge < -0.3 is 4.74 Å². The number of aryl methyl sites for hydroxylation is 1. The molecule has 0 radical (unpaired) electrons. The fraction of sp³-hybridized carbons (Fsp3) is 0.267. The van der Waals surface area contributed by atoms with Crippen LogP contribution in [-0.4, -0.2) is 27.6 Å². The predicted molar refractivity (Wildman–Crippen MR) is 73.6 cm³/mol. The number of carbonyl (C=O) groups is 2. The van der Waals surface area contributed by atoms with Gasteiger partial charge in [0.05, 0.1) is 6.20 Å². The lowest BCUT2D eigenvalue weighted by Gasteiger charge is -2.12. The zero-order valence-electron chi connectivity index (χ0n) is 12.0. The van der Waals surface area contributed by atoms with Crippen molar-refractivity contribution in [1.29, 1.82) is 0 Å². The number of nitrogens with zero attached hydrogens (tertiary/aromatic N) is 2. The maximum absolute atomic E-state index is 12.8. The van der Waals surface area contributed by atoms with Crippen LogP contribution >= 0.6 is 0 Å². The number of esters is 1. The second kappa shape index (κ2) is 5.87. The largest absolute Gasteiger partial charge is 0.451 e. The van der Waals surface area contributed by atoms with Crippen LogP contribution in [0.4, 0.5) is 4.39 Å². The minimum atomic E-state index is -0.956. The van der Waals surface area contributed by atoms with E-state index in [1.165, 1.54) is 37.4 Å². The Morgan fingerprint density at radius 2 is 1.90 bits per heavy atom. The highest BCUT2D eigenvalue weighted by molar-refractivity contribution is 6.01. The normalized spacial score (nSPS) is 12.0. The smallest absolute Gasteiger partial charge is 0.342 e. The number of aromatic nitrogens is 2. The van der Waals surface area contributed by atoms with Crippen molar-refractivity contribution in [2.75, 3.05) is 0 Å². The predicted octanol–water partition coefficient (Wildman–Crippen LogP) is 2.30. The lowest BCUT2D eigenvalue weighted by Crippen LogP contribution is -2.24. The lowest BCUT2D eigenvalue weighted by atomic mass is 10.1. The molecule has 0 saturated heterocycles. The third-order valence-electron chi connectivity index (χ3n) is 3.24. The summed E-state index contributed by atoms with van der Waals surface area (Å²) in [4.78, 5) is 24.1. The standard InChI is InChI=1S/C15H15FN2O3/c1-9-13(8-17-18(9)3)15(20)21-10(2)14(19)11-4-6-12(16)7-5-11/h4-8,10H,1-3H3. The summed E-state index contributed by atoms with van der Waals surface area (Å²) in [5.41, 5.74) is 1.26. The van der Waals surface area contributed by atoms with E-state index in [9.17, 15) is 14.0 Å². The molecular formula is C15H15FN2O3. The number of hydrogen-bond donors (Lipinski definition) is 0. The molecule has 2 aromatic rings. The molecule has 0 aliphatic rings. The average molecular weight is 290 g/mol. The van der Waals surface area contributed by atoms with Gasteiger partial charge >= 0.3 is 5.97 Å². The molecule has 110 valence electrons. The number of Topliss-reactive ketones (excluding diaryl/α,β-unsaturated/α-hetero) is 1. The fourth-order valence-corrected chi connectivity index (χ4v) is 1.83. The van der Waals surface area contributed by atoms with E-state index in [-0.39, 0.29) is 5.78 Å². The fourth-order valence-electron chi connectivity index (χ4n) is 1.83. The van der Waals surface area contributed by atoms with Gasteiger partial charge in [-0.05, 0) is 38.1 Å². The van der Waals surface area contributed by atoms with Gasteiger partial charge in [-0.3, -0.25) is 9.48 Å². The van der Waals surface area contributed by atoms with Gasteiger partial charge in [-0.2, -0.15) is 5.10 Å². The van der Waals surface area contributed by atoms with Gasteiger partial charge in [0.15, 0.2) is 6.10 Å². The van der Waals surface area contributed by atoms with Gasteiger partial charge in [0.2, 0.25) is 5.78 Å². The molecular weight excluding hydrogens is 275 g/mol. The maximum Gasteiger partial charge on any atom is 0.342 e. The zero-order valence-corrected chi connectivity index (χ0v) is 12.0. The molecule has 0 fully saturated rings. The van der Waals surface area contributed by atoms with Gasteiger partial charge in [-0.25, -0.2) is 9.18 Å². The van der Waals surface area contributed by atoms with Crippen LogP contribution in [0.25, 0.3) is 0 Å². The molecule has 6 heteroatoms. The first kappa shape index (κ1) is 14.9. The minimum absolute atomic E-state index is 0.291. The highest BCUT2D eigenvalue weighted by atomic mass is 19.1. The topological polar surface area (TPSA) is 61.2 Å². The average Bonchev–Trinajstić information content (AvgIpc) is 2.79. The molecule has 0 aliphatic heterocycles. The Morgan fingerprint density at radius 3 is 2.43 bits per heavy atom. The molecule has 21 heavy (non-hydrogen) atoms. The Labute approximate surface area is 121 Å². The Bertz CT molecular complexity index is 677. The lowest BCUT2D eigenvalue weighted by molar-refractivity contribution is 0.0318. The molecule has 0 saturated carbocycles. The van der Waals surface area contributed by atoms with Crippen molar-refractivity contribution in [1.82, 2.24) is 9.78 Å². The first-order chi connectivity index (χ1) is 9.90. The quantitative estimate of drug-likeness (QED) is 0.640. The van der Waals surface area contributed by atoms with Crippen LogP contribution in [-0.2, 0) is 11.8 Å². The summed E-state index contributed by atoms with van der Waals surface area (Å²) >= 11 is 0.